The summed E-state index contributed by atoms with van der Waals surface area (Å²) in [7, 11) is 0. The number of rotatable bonds is 7. The van der Waals surface area contributed by atoms with Crippen LogP contribution in [0.5, 0.6) is 0 Å². The quantitative estimate of drug-likeness (QED) is 0.308. The average Bonchev–Trinajstić information content (AvgIpc) is 3.29. The Kier molecular flexibility index (Phi) is 9.87. The molecule has 2 aliphatic rings. The molecule has 0 aliphatic carbocycles. The Morgan fingerprint density at radius 3 is 2.70 bits per heavy atom. The zero-order chi connectivity index (χ0) is 19.3. The summed E-state index contributed by atoms with van der Waals surface area (Å²) in [5, 5.41) is 1.02. The summed E-state index contributed by atoms with van der Waals surface area (Å²) in [6.45, 7) is 2.46. The van der Waals surface area contributed by atoms with Gasteiger partial charge >= 0.3 is 0 Å². The van der Waals surface area contributed by atoms with Gasteiger partial charge in [0.25, 0.3) is 11.1 Å². The van der Waals surface area contributed by atoms with Gasteiger partial charge in [0.05, 0.1) is 9.93 Å². The molecule has 0 unspecified atom stereocenters. The molecular weight excluding hydrogens is 463 g/mol. The molecule has 2 aromatic rings. The molecule has 0 saturated carbocycles. The molecule has 0 atom stereocenters. The van der Waals surface area contributed by atoms with Crippen molar-refractivity contribution in [2.75, 3.05) is 25.4 Å². The second-order valence-corrected chi connectivity index (χ2v) is 9.10. The topological polar surface area (TPSA) is 57.9 Å². The maximum Gasteiger partial charge on any atom is 0.293 e. The number of thioether (sulfide) groups is 2. The van der Waals surface area contributed by atoms with Gasteiger partial charge in [-0.15, -0.1) is 36.6 Å². The fraction of sp³-hybridized carbons (Fsp3) is 0.450. The molecule has 0 spiro atoms. The van der Waals surface area contributed by atoms with Crippen molar-refractivity contribution in [3.63, 3.8) is 0 Å². The molecule has 30 heavy (non-hydrogen) atoms. The van der Waals surface area contributed by atoms with Crippen molar-refractivity contribution < 1.29 is 9.59 Å². The summed E-state index contributed by atoms with van der Waals surface area (Å²) in [5.74, 6) is 0.813. The van der Waals surface area contributed by atoms with Crippen molar-refractivity contribution in [3.05, 3.63) is 41.7 Å². The molecule has 6 nitrogen and oxygen atoms in total. The highest BCUT2D eigenvalue weighted by atomic mass is 35.5. The molecular formula is C20H26Cl2N4O2S2. The molecule has 0 bridgehead atoms. The van der Waals surface area contributed by atoms with Crippen LogP contribution in [0.1, 0.15) is 32.1 Å². The number of aromatic nitrogens is 2. The van der Waals surface area contributed by atoms with Gasteiger partial charge in [-0.2, -0.15) is 0 Å². The Balaban J connectivity index is 0.00000160. The highest BCUT2D eigenvalue weighted by Gasteiger charge is 2.35. The Labute approximate surface area is 197 Å². The number of nitrogens with zero attached hydrogens (tertiary/aromatic N) is 4. The van der Waals surface area contributed by atoms with E-state index in [2.05, 4.69) is 20.4 Å². The van der Waals surface area contributed by atoms with Crippen molar-refractivity contribution in [2.24, 2.45) is 0 Å². The number of imidazole rings is 1. The molecule has 2 aliphatic heterocycles. The summed E-state index contributed by atoms with van der Waals surface area (Å²) in [5.41, 5.74) is 0.948. The molecule has 164 valence electrons. The number of imide groups is 1. The fourth-order valence-corrected chi connectivity index (χ4v) is 5.38. The number of amides is 2. The third-order valence-electron chi connectivity index (χ3n) is 4.98. The molecule has 2 fully saturated rings. The van der Waals surface area contributed by atoms with Crippen LogP contribution in [0, 0.1) is 0 Å². The minimum absolute atomic E-state index is 0. The van der Waals surface area contributed by atoms with E-state index in [4.69, 9.17) is 0 Å². The number of unbranched alkanes of at least 4 members (excludes halogenated alkanes) is 1. The molecule has 2 saturated heterocycles. The van der Waals surface area contributed by atoms with Gasteiger partial charge in [-0.1, -0.05) is 6.07 Å². The number of fused-ring (bicyclic) bond motifs is 1. The van der Waals surface area contributed by atoms with Crippen molar-refractivity contribution in [1.82, 2.24) is 19.2 Å². The van der Waals surface area contributed by atoms with E-state index in [0.717, 1.165) is 67.0 Å². The Bertz CT molecular complexity index is 900. The lowest BCUT2D eigenvalue weighted by Crippen LogP contribution is -2.30. The first-order chi connectivity index (χ1) is 13.7. The normalized spacial score (nSPS) is 18.1. The maximum absolute atomic E-state index is 12.6. The van der Waals surface area contributed by atoms with Crippen LogP contribution in [0.3, 0.4) is 0 Å². The van der Waals surface area contributed by atoms with Gasteiger partial charge in [0, 0.05) is 38.2 Å². The lowest BCUT2D eigenvalue weighted by Gasteiger charge is -2.25. The molecule has 2 amide bonds. The Morgan fingerprint density at radius 1 is 1.10 bits per heavy atom. The summed E-state index contributed by atoms with van der Waals surface area (Å²) < 4.78 is 2.08. The number of pyridine rings is 1. The van der Waals surface area contributed by atoms with Crippen LogP contribution in [0.4, 0.5) is 4.79 Å². The molecule has 4 rings (SSSR count). The number of likely N-dealkylation sites (tertiary alicyclic amines) is 1. The largest absolute Gasteiger partial charge is 0.376 e. The third-order valence-corrected chi connectivity index (χ3v) is 7.00. The molecule has 2 aromatic heterocycles. The number of hydrogen-bond acceptors (Lipinski definition) is 6. The molecule has 4 heterocycles. The van der Waals surface area contributed by atoms with Gasteiger partial charge in [0.2, 0.25) is 0 Å². The van der Waals surface area contributed by atoms with Gasteiger partial charge in [-0.05, 0) is 61.8 Å². The lowest BCUT2D eigenvalue weighted by molar-refractivity contribution is -0.122. The Morgan fingerprint density at radius 2 is 1.90 bits per heavy atom. The van der Waals surface area contributed by atoms with Gasteiger partial charge in [0.1, 0.15) is 5.65 Å². The van der Waals surface area contributed by atoms with E-state index in [-0.39, 0.29) is 36.0 Å². The van der Waals surface area contributed by atoms with E-state index in [9.17, 15) is 9.59 Å². The predicted octanol–water partition coefficient (Wildman–Crippen LogP) is 5.07. The van der Waals surface area contributed by atoms with Gasteiger partial charge in [-0.25, -0.2) is 4.98 Å². The van der Waals surface area contributed by atoms with Crippen molar-refractivity contribution in [2.45, 2.75) is 37.1 Å². The van der Waals surface area contributed by atoms with E-state index >= 15 is 0 Å². The summed E-state index contributed by atoms with van der Waals surface area (Å²) in [6, 6.07) is 6.09. The van der Waals surface area contributed by atoms with E-state index < -0.39 is 0 Å². The molecule has 10 heteroatoms. The average molecular weight is 489 g/mol. The van der Waals surface area contributed by atoms with Crippen LogP contribution in [0.25, 0.3) is 5.65 Å². The number of carbonyl (C=O) groups is 2. The number of piperidine rings is 1. The summed E-state index contributed by atoms with van der Waals surface area (Å²) >= 11 is 2.85. The van der Waals surface area contributed by atoms with E-state index in [0.29, 0.717) is 11.4 Å². The third kappa shape index (κ3) is 5.87. The van der Waals surface area contributed by atoms with Crippen LogP contribution in [0.2, 0.25) is 0 Å². The van der Waals surface area contributed by atoms with Crippen LogP contribution >= 0.6 is 48.3 Å². The number of halogens is 2. The van der Waals surface area contributed by atoms with Crippen LogP contribution in [0.15, 0.2) is 46.7 Å². The second kappa shape index (κ2) is 11.9. The zero-order valence-corrected chi connectivity index (χ0v) is 19.8. The summed E-state index contributed by atoms with van der Waals surface area (Å²) in [6.07, 6.45) is 11.0. The minimum atomic E-state index is -0.135. The standard InChI is InChI=1S/C20H24N4O2S2.2ClH/c25-19-16(15-22-10-2-1-3-11-22)28-20(26)24(19)12-4-5-14-27-18-8-6-7-17-21-9-13-23(17)18;;/h6-9,13,15H,1-5,10-12,14H2;2*1H. The first kappa shape index (κ1) is 24.9. The fourth-order valence-electron chi connectivity index (χ4n) is 3.48. The lowest BCUT2D eigenvalue weighted by atomic mass is 10.1. The SMILES string of the molecule is Cl.Cl.O=C1SC(=CN2CCCCC2)C(=O)N1CCCCSc1cccc2nccn12. The molecule has 0 aromatic carbocycles. The van der Waals surface area contributed by atoms with E-state index in [1.165, 1.54) is 11.3 Å². The minimum Gasteiger partial charge on any atom is -0.376 e. The first-order valence-electron chi connectivity index (χ1n) is 9.77. The van der Waals surface area contributed by atoms with Crippen LogP contribution < -0.4 is 0 Å². The Hall–Kier alpha value is -1.35. The summed E-state index contributed by atoms with van der Waals surface area (Å²) in [4.78, 5) is 33.3. The van der Waals surface area contributed by atoms with Crippen molar-refractivity contribution >= 4 is 65.1 Å². The second-order valence-electron chi connectivity index (χ2n) is 6.99. The molecule has 0 N–H and O–H groups in total. The highest BCUT2D eigenvalue weighted by Crippen LogP contribution is 2.31. The van der Waals surface area contributed by atoms with Gasteiger partial charge in [0.15, 0.2) is 0 Å². The van der Waals surface area contributed by atoms with Crippen LogP contribution in [-0.2, 0) is 4.79 Å². The van der Waals surface area contributed by atoms with Crippen LogP contribution in [-0.4, -0.2) is 55.7 Å². The molecule has 0 radical (unpaired) electrons. The van der Waals surface area contributed by atoms with Gasteiger partial charge in [-0.3, -0.25) is 18.9 Å². The van der Waals surface area contributed by atoms with E-state index in [1.807, 2.05) is 24.5 Å². The smallest absolute Gasteiger partial charge is 0.293 e. The van der Waals surface area contributed by atoms with Crippen molar-refractivity contribution in [3.8, 4) is 0 Å². The monoisotopic (exact) mass is 488 g/mol. The van der Waals surface area contributed by atoms with E-state index in [1.54, 1.807) is 18.0 Å². The van der Waals surface area contributed by atoms with Crippen molar-refractivity contribution in [1.29, 1.82) is 0 Å². The number of carbonyl (C=O) groups excluding carboxylic acids is 2. The van der Waals surface area contributed by atoms with Gasteiger partial charge < -0.3 is 4.90 Å². The predicted molar refractivity (Wildman–Crippen MR) is 128 cm³/mol. The highest BCUT2D eigenvalue weighted by molar-refractivity contribution is 8.18. The first-order valence-corrected chi connectivity index (χ1v) is 11.6. The zero-order valence-electron chi connectivity index (χ0n) is 16.6. The maximum atomic E-state index is 12.6. The number of hydrogen-bond donors (Lipinski definition) is 0.